The highest BCUT2D eigenvalue weighted by Gasteiger charge is 2.20. The highest BCUT2D eigenvalue weighted by molar-refractivity contribution is 5.95. The molecule has 0 radical (unpaired) electrons. The van der Waals surface area contributed by atoms with E-state index in [2.05, 4.69) is 41.2 Å². The summed E-state index contributed by atoms with van der Waals surface area (Å²) < 4.78 is 10.4. The Hall–Kier alpha value is -3.55. The molecule has 8 heteroatoms. The smallest absolute Gasteiger partial charge is 0.326 e. The second-order valence-corrected chi connectivity index (χ2v) is 7.84. The van der Waals surface area contributed by atoms with Crippen LogP contribution in [0.25, 0.3) is 11.4 Å². The number of hydrogen-bond donors (Lipinski definition) is 1. The number of esters is 1. The second kappa shape index (κ2) is 8.86. The fraction of sp³-hybridized carbons (Fsp3) is 0.318. The van der Waals surface area contributed by atoms with Crippen molar-refractivity contribution in [2.45, 2.75) is 39.2 Å². The van der Waals surface area contributed by atoms with Crippen molar-refractivity contribution < 1.29 is 18.8 Å². The van der Waals surface area contributed by atoms with E-state index < -0.39 is 12.1 Å². The van der Waals surface area contributed by atoms with Gasteiger partial charge < -0.3 is 14.6 Å². The molecule has 3 aromatic rings. The number of nitrogens with one attached hydrogen (secondary N) is 1. The van der Waals surface area contributed by atoms with Crippen LogP contribution in [0.15, 0.2) is 53.3 Å². The summed E-state index contributed by atoms with van der Waals surface area (Å²) in [7, 11) is 0. The molecule has 0 saturated heterocycles. The van der Waals surface area contributed by atoms with Crippen LogP contribution in [0.5, 0.6) is 0 Å². The number of ether oxygens (including phenoxy) is 1. The number of hydrogen-bond acceptors (Lipinski definition) is 7. The summed E-state index contributed by atoms with van der Waals surface area (Å²) >= 11 is 0. The molecule has 0 aliphatic carbocycles. The van der Waals surface area contributed by atoms with Gasteiger partial charge in [-0.05, 0) is 42.2 Å². The fourth-order valence-electron chi connectivity index (χ4n) is 2.68. The number of nitrogens with zero attached hydrogens (tertiary/aromatic N) is 3. The van der Waals surface area contributed by atoms with Crippen molar-refractivity contribution in [1.29, 1.82) is 0 Å². The highest BCUT2D eigenvalue weighted by Crippen LogP contribution is 2.22. The molecule has 0 saturated carbocycles. The number of rotatable bonds is 6. The Morgan fingerprint density at radius 3 is 2.53 bits per heavy atom. The molecule has 2 aromatic heterocycles. The summed E-state index contributed by atoms with van der Waals surface area (Å²) in [4.78, 5) is 32.6. The van der Waals surface area contributed by atoms with Crippen molar-refractivity contribution in [2.24, 2.45) is 0 Å². The summed E-state index contributed by atoms with van der Waals surface area (Å²) in [6, 6.07) is 10.8. The number of carbonyl (C=O) groups excluding carboxylic acids is 2. The maximum atomic E-state index is 12.3. The Balaban J connectivity index is 1.52. The molecule has 0 aliphatic rings. The molecule has 1 atom stereocenters. The Bertz CT molecular complexity index is 1010. The van der Waals surface area contributed by atoms with Gasteiger partial charge in [0.2, 0.25) is 5.82 Å². The Morgan fingerprint density at radius 2 is 1.90 bits per heavy atom. The normalized spacial score (nSPS) is 12.3. The van der Waals surface area contributed by atoms with Gasteiger partial charge in [0.25, 0.3) is 11.8 Å². The lowest BCUT2D eigenvalue weighted by Crippen LogP contribution is -2.31. The lowest BCUT2D eigenvalue weighted by molar-refractivity contribution is -0.148. The average molecular weight is 408 g/mol. The molecule has 1 unspecified atom stereocenters. The van der Waals surface area contributed by atoms with Crippen molar-refractivity contribution in [3.05, 3.63) is 65.8 Å². The second-order valence-electron chi connectivity index (χ2n) is 7.84. The molecule has 0 aliphatic heterocycles. The zero-order valence-corrected chi connectivity index (χ0v) is 17.4. The van der Waals surface area contributed by atoms with Crippen molar-refractivity contribution >= 4 is 11.9 Å². The van der Waals surface area contributed by atoms with Crippen LogP contribution in [-0.4, -0.2) is 33.5 Å². The maximum absolute atomic E-state index is 12.3. The first-order chi connectivity index (χ1) is 14.2. The molecule has 1 amide bonds. The molecule has 0 bridgehead atoms. The number of benzene rings is 1. The zero-order chi connectivity index (χ0) is 21.7. The fourth-order valence-corrected chi connectivity index (χ4v) is 2.68. The van der Waals surface area contributed by atoms with E-state index in [1.54, 1.807) is 43.6 Å². The van der Waals surface area contributed by atoms with E-state index in [4.69, 9.17) is 9.26 Å². The molecular weight excluding hydrogens is 384 g/mol. The van der Waals surface area contributed by atoms with Gasteiger partial charge in [0.05, 0.1) is 0 Å². The predicted octanol–water partition coefficient (Wildman–Crippen LogP) is 3.46. The molecule has 1 N–H and O–H groups in total. The molecule has 3 rings (SSSR count). The minimum absolute atomic E-state index is 0.000578. The van der Waals surface area contributed by atoms with E-state index in [0.29, 0.717) is 17.0 Å². The molecular formula is C22H24N4O4. The number of carbonyl (C=O) groups is 2. The highest BCUT2D eigenvalue weighted by atomic mass is 16.6. The largest absolute Gasteiger partial charge is 0.451 e. The summed E-state index contributed by atoms with van der Waals surface area (Å²) in [5.41, 5.74) is 2.29. The summed E-state index contributed by atoms with van der Waals surface area (Å²) in [5, 5.41) is 6.42. The van der Waals surface area contributed by atoms with E-state index in [1.165, 1.54) is 0 Å². The zero-order valence-electron chi connectivity index (χ0n) is 17.4. The molecule has 0 spiro atoms. The van der Waals surface area contributed by atoms with E-state index in [0.717, 1.165) is 5.56 Å². The van der Waals surface area contributed by atoms with Gasteiger partial charge in [0.15, 0.2) is 6.10 Å². The van der Waals surface area contributed by atoms with Gasteiger partial charge >= 0.3 is 5.97 Å². The quantitative estimate of drug-likeness (QED) is 0.622. The lowest BCUT2D eigenvalue weighted by Gasteiger charge is -2.19. The van der Waals surface area contributed by atoms with Crippen LogP contribution < -0.4 is 5.32 Å². The molecule has 2 heterocycles. The van der Waals surface area contributed by atoms with E-state index >= 15 is 0 Å². The van der Waals surface area contributed by atoms with Crippen LogP contribution in [0.4, 0.5) is 0 Å². The van der Waals surface area contributed by atoms with Gasteiger partial charge in [-0.3, -0.25) is 14.6 Å². The van der Waals surface area contributed by atoms with Crippen molar-refractivity contribution in [1.82, 2.24) is 20.4 Å². The Labute approximate surface area is 174 Å². The van der Waals surface area contributed by atoms with E-state index in [1.807, 2.05) is 12.1 Å². The topological polar surface area (TPSA) is 107 Å². The Kier molecular flexibility index (Phi) is 6.25. The van der Waals surface area contributed by atoms with Gasteiger partial charge in [-0.15, -0.1) is 0 Å². The van der Waals surface area contributed by atoms with Crippen LogP contribution in [0.2, 0.25) is 0 Å². The summed E-state index contributed by atoms with van der Waals surface area (Å²) in [6.07, 6.45) is 2.50. The van der Waals surface area contributed by atoms with Crippen molar-refractivity contribution in [3.63, 3.8) is 0 Å². The summed E-state index contributed by atoms with van der Waals surface area (Å²) in [5.74, 6) is -0.445. The lowest BCUT2D eigenvalue weighted by atomic mass is 9.87. The molecule has 30 heavy (non-hydrogen) atoms. The third-order valence-electron chi connectivity index (χ3n) is 4.42. The third kappa shape index (κ3) is 5.28. The standard InChI is InChI=1S/C22H24N4O4/c1-14(21-25-19(26-30-21)16-6-5-11-23-12-16)29-18(27)13-24-20(28)15-7-9-17(10-8-15)22(2,3)4/h5-12,14H,13H2,1-4H3,(H,24,28). The SMILES string of the molecule is CC(OC(=O)CNC(=O)c1ccc(C(C)(C)C)cc1)c1nc(-c2cccnc2)no1. The first kappa shape index (κ1) is 21.2. The molecule has 8 nitrogen and oxygen atoms in total. The first-order valence-corrected chi connectivity index (χ1v) is 9.56. The Morgan fingerprint density at radius 1 is 1.17 bits per heavy atom. The van der Waals surface area contributed by atoms with Gasteiger partial charge in [-0.2, -0.15) is 4.98 Å². The minimum Gasteiger partial charge on any atom is -0.451 e. The molecule has 156 valence electrons. The van der Waals surface area contributed by atoms with Crippen molar-refractivity contribution in [3.8, 4) is 11.4 Å². The number of pyridine rings is 1. The third-order valence-corrected chi connectivity index (χ3v) is 4.42. The monoisotopic (exact) mass is 408 g/mol. The maximum Gasteiger partial charge on any atom is 0.326 e. The van der Waals surface area contributed by atoms with Gasteiger partial charge in [-0.25, -0.2) is 0 Å². The minimum atomic E-state index is -0.751. The van der Waals surface area contributed by atoms with Gasteiger partial charge in [-0.1, -0.05) is 38.1 Å². The van der Waals surface area contributed by atoms with E-state index in [9.17, 15) is 9.59 Å². The van der Waals surface area contributed by atoms with Gasteiger partial charge in [0.1, 0.15) is 6.54 Å². The molecule has 1 aromatic carbocycles. The van der Waals surface area contributed by atoms with Crippen LogP contribution >= 0.6 is 0 Å². The molecule has 0 fully saturated rings. The number of aromatic nitrogens is 3. The van der Waals surface area contributed by atoms with Gasteiger partial charge in [0, 0.05) is 23.5 Å². The first-order valence-electron chi connectivity index (χ1n) is 9.56. The average Bonchev–Trinajstić information content (AvgIpc) is 3.22. The number of amides is 1. The van der Waals surface area contributed by atoms with E-state index in [-0.39, 0.29) is 23.8 Å². The van der Waals surface area contributed by atoms with Crippen molar-refractivity contribution in [2.75, 3.05) is 6.54 Å². The predicted molar refractivity (Wildman–Crippen MR) is 110 cm³/mol. The van der Waals surface area contributed by atoms with Crippen LogP contribution in [-0.2, 0) is 14.9 Å². The van der Waals surface area contributed by atoms with Crippen LogP contribution in [0.3, 0.4) is 0 Å². The summed E-state index contributed by atoms with van der Waals surface area (Å²) in [6.45, 7) is 7.65. The van der Waals surface area contributed by atoms with Crippen LogP contribution in [0.1, 0.15) is 55.6 Å². The van der Waals surface area contributed by atoms with Crippen LogP contribution in [0, 0.1) is 0 Å².